The summed E-state index contributed by atoms with van der Waals surface area (Å²) in [5.41, 5.74) is 1.09. The van der Waals surface area contributed by atoms with Crippen LogP contribution in [-0.4, -0.2) is 16.5 Å². The molecule has 2 rings (SSSR count). The summed E-state index contributed by atoms with van der Waals surface area (Å²) in [5, 5.41) is 3.51. The molecule has 0 amide bonds. The summed E-state index contributed by atoms with van der Waals surface area (Å²) >= 11 is 0. The summed E-state index contributed by atoms with van der Waals surface area (Å²) < 4.78 is 0. The second-order valence-corrected chi connectivity index (χ2v) is 4.69. The van der Waals surface area contributed by atoms with E-state index in [2.05, 4.69) is 15.3 Å². The van der Waals surface area contributed by atoms with E-state index in [1.54, 1.807) is 12.5 Å². The van der Waals surface area contributed by atoms with Crippen molar-refractivity contribution in [1.82, 2.24) is 15.3 Å². The van der Waals surface area contributed by atoms with Gasteiger partial charge in [0.25, 0.3) is 0 Å². The monoisotopic (exact) mass is 219 g/mol. The first kappa shape index (κ1) is 11.5. The van der Waals surface area contributed by atoms with E-state index in [0.717, 1.165) is 24.7 Å². The quantitative estimate of drug-likeness (QED) is 0.791. The van der Waals surface area contributed by atoms with Crippen molar-refractivity contribution < 1.29 is 0 Å². The lowest BCUT2D eigenvalue weighted by Crippen LogP contribution is -2.22. The van der Waals surface area contributed by atoms with Gasteiger partial charge in [0.2, 0.25) is 0 Å². The number of hydrogen-bond donors (Lipinski definition) is 1. The number of nitrogens with one attached hydrogen (secondary N) is 1. The molecule has 1 aliphatic carbocycles. The third-order valence-corrected chi connectivity index (χ3v) is 3.36. The van der Waals surface area contributed by atoms with E-state index >= 15 is 0 Å². The summed E-state index contributed by atoms with van der Waals surface area (Å²) in [6.07, 6.45) is 11.9. The summed E-state index contributed by atoms with van der Waals surface area (Å²) in [7, 11) is 0. The number of rotatable bonds is 4. The molecule has 1 fully saturated rings. The molecule has 3 heteroatoms. The molecule has 1 N–H and O–H groups in total. The number of hydrogen-bond acceptors (Lipinski definition) is 3. The molecule has 0 atom stereocenters. The maximum Gasteiger partial charge on any atom is 0.115 e. The minimum Gasteiger partial charge on any atom is -0.311 e. The van der Waals surface area contributed by atoms with E-state index in [9.17, 15) is 0 Å². The highest BCUT2D eigenvalue weighted by atomic mass is 14.9. The van der Waals surface area contributed by atoms with E-state index in [1.807, 2.05) is 6.07 Å². The third-order valence-electron chi connectivity index (χ3n) is 3.36. The van der Waals surface area contributed by atoms with Crippen molar-refractivity contribution in [2.75, 3.05) is 6.54 Å². The Morgan fingerprint density at radius 2 is 2.00 bits per heavy atom. The number of aromatic nitrogens is 2. The van der Waals surface area contributed by atoms with Crippen molar-refractivity contribution in [3.8, 4) is 0 Å². The van der Waals surface area contributed by atoms with Crippen LogP contribution in [0, 0.1) is 5.92 Å². The molecule has 1 heterocycles. The molecular formula is C13H21N3. The van der Waals surface area contributed by atoms with Crippen molar-refractivity contribution in [2.45, 2.75) is 45.1 Å². The van der Waals surface area contributed by atoms with Gasteiger partial charge >= 0.3 is 0 Å². The Balaban J connectivity index is 1.67. The Kier molecular flexibility index (Phi) is 4.74. The van der Waals surface area contributed by atoms with Crippen molar-refractivity contribution >= 4 is 0 Å². The molecule has 16 heavy (non-hydrogen) atoms. The van der Waals surface area contributed by atoms with Gasteiger partial charge in [-0.05, 0) is 31.4 Å². The zero-order chi connectivity index (χ0) is 11.1. The van der Waals surface area contributed by atoms with Crippen molar-refractivity contribution in [3.63, 3.8) is 0 Å². The molecule has 88 valence electrons. The zero-order valence-electron chi connectivity index (χ0n) is 9.86. The first-order valence-electron chi connectivity index (χ1n) is 6.41. The Hall–Kier alpha value is -0.960. The van der Waals surface area contributed by atoms with Crippen molar-refractivity contribution in [1.29, 1.82) is 0 Å². The van der Waals surface area contributed by atoms with Crippen LogP contribution in [0.5, 0.6) is 0 Å². The van der Waals surface area contributed by atoms with E-state index in [1.165, 1.54) is 38.5 Å². The van der Waals surface area contributed by atoms with Gasteiger partial charge in [0.05, 0.1) is 5.69 Å². The molecule has 1 aromatic heterocycles. The van der Waals surface area contributed by atoms with Crippen molar-refractivity contribution in [2.24, 2.45) is 5.92 Å². The maximum atomic E-state index is 4.21. The fourth-order valence-corrected chi connectivity index (χ4v) is 2.40. The van der Waals surface area contributed by atoms with Crippen LogP contribution in [0.3, 0.4) is 0 Å². The molecule has 1 saturated carbocycles. The van der Waals surface area contributed by atoms with Crippen LogP contribution in [-0.2, 0) is 6.54 Å². The first-order chi connectivity index (χ1) is 7.95. The molecule has 0 saturated heterocycles. The van der Waals surface area contributed by atoms with Crippen LogP contribution < -0.4 is 5.32 Å². The average Bonchev–Trinajstić information content (AvgIpc) is 2.59. The number of nitrogens with zero attached hydrogens (tertiary/aromatic N) is 2. The molecule has 0 unspecified atom stereocenters. The highest BCUT2D eigenvalue weighted by molar-refractivity contribution is 4.96. The van der Waals surface area contributed by atoms with E-state index in [4.69, 9.17) is 0 Å². The van der Waals surface area contributed by atoms with Gasteiger partial charge in [-0.25, -0.2) is 9.97 Å². The third kappa shape index (κ3) is 3.89. The molecule has 0 aromatic carbocycles. The predicted octanol–water partition coefficient (Wildman–Crippen LogP) is 2.54. The van der Waals surface area contributed by atoms with Crippen LogP contribution in [0.4, 0.5) is 0 Å². The standard InChI is InChI=1S/C13H21N3/c1-2-4-6-12(5-3-1)9-15-10-13-7-8-14-11-16-13/h7-8,11-12,15H,1-6,9-10H2. The Labute approximate surface area is 97.7 Å². The Morgan fingerprint density at radius 1 is 1.19 bits per heavy atom. The van der Waals surface area contributed by atoms with Gasteiger partial charge < -0.3 is 5.32 Å². The van der Waals surface area contributed by atoms with Crippen LogP contribution in [0.25, 0.3) is 0 Å². The van der Waals surface area contributed by atoms with Crippen LogP contribution in [0.1, 0.15) is 44.2 Å². The lowest BCUT2D eigenvalue weighted by atomic mass is 10.0. The molecule has 0 bridgehead atoms. The first-order valence-corrected chi connectivity index (χ1v) is 6.41. The molecule has 0 radical (unpaired) electrons. The van der Waals surface area contributed by atoms with Gasteiger partial charge in [-0.15, -0.1) is 0 Å². The average molecular weight is 219 g/mol. The minimum absolute atomic E-state index is 0.874. The SMILES string of the molecule is c1cc(CNCC2CCCCCC2)ncn1. The van der Waals surface area contributed by atoms with Gasteiger partial charge in [-0.3, -0.25) is 0 Å². The largest absolute Gasteiger partial charge is 0.311 e. The van der Waals surface area contributed by atoms with Gasteiger partial charge in [0.15, 0.2) is 0 Å². The topological polar surface area (TPSA) is 37.8 Å². The highest BCUT2D eigenvalue weighted by Gasteiger charge is 2.11. The fraction of sp³-hybridized carbons (Fsp3) is 0.692. The highest BCUT2D eigenvalue weighted by Crippen LogP contribution is 2.22. The summed E-state index contributed by atoms with van der Waals surface area (Å²) in [4.78, 5) is 8.12. The summed E-state index contributed by atoms with van der Waals surface area (Å²) in [5.74, 6) is 0.879. The minimum atomic E-state index is 0.874. The zero-order valence-corrected chi connectivity index (χ0v) is 9.86. The second kappa shape index (κ2) is 6.59. The van der Waals surface area contributed by atoms with Gasteiger partial charge in [0, 0.05) is 12.7 Å². The van der Waals surface area contributed by atoms with E-state index in [0.29, 0.717) is 0 Å². The lowest BCUT2D eigenvalue weighted by molar-refractivity contribution is 0.424. The van der Waals surface area contributed by atoms with Crippen LogP contribution in [0.15, 0.2) is 18.6 Å². The lowest BCUT2D eigenvalue weighted by Gasteiger charge is -2.14. The molecule has 1 aliphatic rings. The molecule has 0 aliphatic heterocycles. The van der Waals surface area contributed by atoms with Crippen LogP contribution >= 0.6 is 0 Å². The summed E-state index contributed by atoms with van der Waals surface area (Å²) in [6, 6.07) is 1.97. The fourth-order valence-electron chi connectivity index (χ4n) is 2.40. The second-order valence-electron chi connectivity index (χ2n) is 4.69. The van der Waals surface area contributed by atoms with Crippen molar-refractivity contribution in [3.05, 3.63) is 24.3 Å². The van der Waals surface area contributed by atoms with Gasteiger partial charge in [-0.2, -0.15) is 0 Å². The maximum absolute atomic E-state index is 4.21. The molecular weight excluding hydrogens is 198 g/mol. The van der Waals surface area contributed by atoms with Gasteiger partial charge in [0.1, 0.15) is 6.33 Å². The summed E-state index contributed by atoms with van der Waals surface area (Å²) in [6.45, 7) is 2.02. The Morgan fingerprint density at radius 3 is 2.69 bits per heavy atom. The molecule has 1 aromatic rings. The molecule has 0 spiro atoms. The predicted molar refractivity (Wildman–Crippen MR) is 64.9 cm³/mol. The Bertz CT molecular complexity index is 278. The van der Waals surface area contributed by atoms with E-state index in [-0.39, 0.29) is 0 Å². The van der Waals surface area contributed by atoms with Gasteiger partial charge in [-0.1, -0.05) is 25.7 Å². The molecule has 3 nitrogen and oxygen atoms in total. The normalized spacial score (nSPS) is 18.2. The van der Waals surface area contributed by atoms with Crippen LogP contribution in [0.2, 0.25) is 0 Å². The smallest absolute Gasteiger partial charge is 0.115 e. The van der Waals surface area contributed by atoms with E-state index < -0.39 is 0 Å².